The molecule has 1 aromatic carbocycles. The molecule has 1 heteroatoms. The van der Waals surface area contributed by atoms with Gasteiger partial charge in [0.1, 0.15) is 0 Å². The van der Waals surface area contributed by atoms with Gasteiger partial charge in [0.15, 0.2) is 0 Å². The van der Waals surface area contributed by atoms with Crippen molar-refractivity contribution in [1.82, 2.24) is 4.98 Å². The molecule has 2 aromatic rings. The second kappa shape index (κ2) is 1.95. The topological polar surface area (TPSA) is 12.9 Å². The average Bonchev–Trinajstić information content (AvgIpc) is 3.16. The fourth-order valence-corrected chi connectivity index (χ4v) is 3.90. The minimum absolute atomic E-state index is 0.505. The first kappa shape index (κ1) is 7.61. The summed E-state index contributed by atoms with van der Waals surface area (Å²) in [5, 5.41) is 0. The van der Waals surface area contributed by atoms with Crippen molar-refractivity contribution < 1.29 is 0 Å². The number of aromatic nitrogens is 1. The van der Waals surface area contributed by atoms with E-state index in [4.69, 9.17) is 0 Å². The summed E-state index contributed by atoms with van der Waals surface area (Å²) >= 11 is 0. The van der Waals surface area contributed by atoms with Gasteiger partial charge in [-0.1, -0.05) is 30.3 Å². The maximum Gasteiger partial charge on any atom is 0.0742 e. The molecule has 2 saturated carbocycles. The van der Waals surface area contributed by atoms with E-state index in [1.165, 1.54) is 29.7 Å². The minimum Gasteiger partial charge on any atom is -0.256 e. The minimum atomic E-state index is 0.505. The summed E-state index contributed by atoms with van der Waals surface area (Å²) < 4.78 is 0. The summed E-state index contributed by atoms with van der Waals surface area (Å²) in [5.74, 6) is 0. The zero-order chi connectivity index (χ0) is 10.4. The first-order valence-electron chi connectivity index (χ1n) is 5.93. The Kier molecular flexibility index (Phi) is 0.929. The smallest absolute Gasteiger partial charge is 0.0742 e. The van der Waals surface area contributed by atoms with Crippen molar-refractivity contribution in [1.29, 1.82) is 0 Å². The summed E-state index contributed by atoms with van der Waals surface area (Å²) in [6, 6.07) is 13.2. The summed E-state index contributed by atoms with van der Waals surface area (Å²) in [6.45, 7) is 0. The first-order valence-corrected chi connectivity index (χ1v) is 5.93. The predicted octanol–water partition coefficient (Wildman–Crippen LogP) is 3.05. The van der Waals surface area contributed by atoms with Crippen molar-refractivity contribution in [3.63, 3.8) is 0 Å². The lowest BCUT2D eigenvalue weighted by atomic mass is 9.89. The van der Waals surface area contributed by atoms with Gasteiger partial charge in [-0.2, -0.15) is 0 Å². The predicted molar refractivity (Wildman–Crippen MR) is 62.3 cm³/mol. The molecule has 1 heterocycles. The monoisotopic (exact) mass is 205 g/mol. The highest BCUT2D eigenvalue weighted by molar-refractivity contribution is 5.83. The molecule has 5 rings (SSSR count). The molecule has 1 nitrogen and oxygen atoms in total. The quantitative estimate of drug-likeness (QED) is 0.644. The zero-order valence-electron chi connectivity index (χ0n) is 8.90. The molecule has 0 saturated heterocycles. The second-order valence-electron chi connectivity index (χ2n) is 5.46. The normalized spacial score (nSPS) is 35.5. The van der Waals surface area contributed by atoms with Gasteiger partial charge in [-0.15, -0.1) is 0 Å². The Morgan fingerprint density at radius 1 is 0.875 bits per heavy atom. The molecular weight excluding hydrogens is 194 g/mol. The van der Waals surface area contributed by atoms with Gasteiger partial charge in [-0.25, -0.2) is 0 Å². The van der Waals surface area contributed by atoms with Gasteiger partial charge in [0.05, 0.1) is 5.69 Å². The Morgan fingerprint density at radius 2 is 1.62 bits per heavy atom. The second-order valence-corrected chi connectivity index (χ2v) is 5.46. The van der Waals surface area contributed by atoms with E-state index < -0.39 is 0 Å². The molecule has 0 atom stereocenters. The number of hydrogen-bond acceptors (Lipinski definition) is 1. The number of nitrogens with zero attached hydrogens (tertiary/aromatic N) is 1. The van der Waals surface area contributed by atoms with E-state index in [1.807, 2.05) is 6.20 Å². The number of benzene rings is 1. The Bertz CT molecular complexity index is 580. The van der Waals surface area contributed by atoms with E-state index in [1.54, 1.807) is 5.56 Å². The molecule has 3 aliphatic rings. The largest absolute Gasteiger partial charge is 0.256 e. The standard InChI is InChI=1S/C15H11N/c1-2-5-11-10(4-1)13-12(6-3-7-16-13)15-8-14(11,15)9-15/h1-7H,8-9H2. The van der Waals surface area contributed by atoms with E-state index in [0.717, 1.165) is 0 Å². The molecule has 0 N–H and O–H groups in total. The van der Waals surface area contributed by atoms with Crippen LogP contribution in [0, 0.1) is 0 Å². The Morgan fingerprint density at radius 3 is 2.56 bits per heavy atom. The van der Waals surface area contributed by atoms with Gasteiger partial charge in [-0.3, -0.25) is 4.98 Å². The number of fused-ring (bicyclic) bond motifs is 3. The lowest BCUT2D eigenvalue weighted by Gasteiger charge is -2.16. The van der Waals surface area contributed by atoms with E-state index in [2.05, 4.69) is 41.4 Å². The lowest BCUT2D eigenvalue weighted by Crippen LogP contribution is -2.06. The highest BCUT2D eigenvalue weighted by atomic mass is 14.9. The fourth-order valence-electron chi connectivity index (χ4n) is 3.90. The van der Waals surface area contributed by atoms with Crippen LogP contribution in [0.3, 0.4) is 0 Å². The number of hydrogen-bond donors (Lipinski definition) is 0. The van der Waals surface area contributed by atoms with Crippen LogP contribution in [-0.2, 0) is 10.8 Å². The Labute approximate surface area is 94.2 Å². The van der Waals surface area contributed by atoms with Crippen molar-refractivity contribution in [3.05, 3.63) is 53.7 Å². The van der Waals surface area contributed by atoms with Crippen LogP contribution >= 0.6 is 0 Å². The third kappa shape index (κ3) is 0.561. The van der Waals surface area contributed by atoms with Gasteiger partial charge in [0.25, 0.3) is 0 Å². The molecule has 3 aliphatic carbocycles. The number of rotatable bonds is 0. The van der Waals surface area contributed by atoms with Gasteiger partial charge >= 0.3 is 0 Å². The van der Waals surface area contributed by atoms with Crippen LogP contribution in [0.1, 0.15) is 24.0 Å². The van der Waals surface area contributed by atoms with Crippen LogP contribution in [0.4, 0.5) is 0 Å². The Hall–Kier alpha value is -1.63. The molecule has 0 amide bonds. The molecule has 0 unspecified atom stereocenters. The van der Waals surface area contributed by atoms with E-state index in [0.29, 0.717) is 10.8 Å². The van der Waals surface area contributed by atoms with Crippen LogP contribution in [0.15, 0.2) is 42.6 Å². The lowest BCUT2D eigenvalue weighted by molar-refractivity contribution is 0.792. The van der Waals surface area contributed by atoms with Gasteiger partial charge < -0.3 is 0 Å². The van der Waals surface area contributed by atoms with E-state index in [-0.39, 0.29) is 0 Å². The third-order valence-corrected chi connectivity index (χ3v) is 4.89. The average molecular weight is 205 g/mol. The maximum atomic E-state index is 4.61. The van der Waals surface area contributed by atoms with E-state index in [9.17, 15) is 0 Å². The van der Waals surface area contributed by atoms with Crippen molar-refractivity contribution in [2.75, 3.05) is 0 Å². The molecule has 0 aliphatic heterocycles. The Balaban J connectivity index is 1.97. The van der Waals surface area contributed by atoms with Crippen LogP contribution in [0.2, 0.25) is 0 Å². The van der Waals surface area contributed by atoms with Crippen LogP contribution in [-0.4, -0.2) is 4.98 Å². The zero-order valence-corrected chi connectivity index (χ0v) is 8.90. The number of pyridine rings is 1. The first-order chi connectivity index (χ1) is 7.87. The van der Waals surface area contributed by atoms with E-state index >= 15 is 0 Å². The van der Waals surface area contributed by atoms with Gasteiger partial charge in [-0.05, 0) is 30.0 Å². The van der Waals surface area contributed by atoms with Crippen molar-refractivity contribution in [2.24, 2.45) is 0 Å². The highest BCUT2D eigenvalue weighted by Crippen LogP contribution is 2.88. The van der Waals surface area contributed by atoms with Crippen LogP contribution in [0.25, 0.3) is 11.3 Å². The molecule has 0 spiro atoms. The summed E-state index contributed by atoms with van der Waals surface area (Å²) in [6.07, 6.45) is 4.63. The van der Waals surface area contributed by atoms with Crippen LogP contribution < -0.4 is 0 Å². The van der Waals surface area contributed by atoms with Gasteiger partial charge in [0.2, 0.25) is 0 Å². The third-order valence-electron chi connectivity index (χ3n) is 4.89. The molecule has 76 valence electrons. The van der Waals surface area contributed by atoms with Gasteiger partial charge in [0, 0.05) is 22.6 Å². The highest BCUT2D eigenvalue weighted by Gasteiger charge is 2.86. The molecule has 16 heavy (non-hydrogen) atoms. The fraction of sp³-hybridized carbons (Fsp3) is 0.267. The maximum absolute atomic E-state index is 4.61. The summed E-state index contributed by atoms with van der Waals surface area (Å²) in [5.41, 5.74) is 6.72. The molecule has 2 fully saturated rings. The summed E-state index contributed by atoms with van der Waals surface area (Å²) in [4.78, 5) is 4.61. The van der Waals surface area contributed by atoms with Crippen molar-refractivity contribution >= 4 is 0 Å². The molecule has 0 radical (unpaired) electrons. The molecular formula is C15H11N. The van der Waals surface area contributed by atoms with Crippen LogP contribution in [0.5, 0.6) is 0 Å². The van der Waals surface area contributed by atoms with Crippen molar-refractivity contribution in [2.45, 2.75) is 23.7 Å². The SMILES string of the molecule is c1ccc2c(c1)-c1ncccc1C13CC21C3. The summed E-state index contributed by atoms with van der Waals surface area (Å²) in [7, 11) is 0. The molecule has 0 bridgehead atoms. The van der Waals surface area contributed by atoms with Crippen molar-refractivity contribution in [3.8, 4) is 11.3 Å². The molecule has 1 aromatic heterocycles.